The van der Waals surface area contributed by atoms with Gasteiger partial charge in [0.1, 0.15) is 0 Å². The van der Waals surface area contributed by atoms with Gasteiger partial charge in [-0.3, -0.25) is 4.79 Å². The Hall–Kier alpha value is -2.82. The van der Waals surface area contributed by atoms with Gasteiger partial charge in [0.15, 0.2) is 6.61 Å². The first-order valence-corrected chi connectivity index (χ1v) is 7.31. The molecule has 2 N–H and O–H groups in total. The molecule has 0 fully saturated rings. The molecular weight excluding hydrogens is 292 g/mol. The molecule has 0 saturated carbocycles. The molecule has 1 amide bonds. The SMILES string of the molecule is CNc1ccccc1C(=O)OCC(=O)Nc1cc(C)cc(C)c1. The third kappa shape index (κ3) is 4.57. The molecule has 2 aromatic carbocycles. The zero-order chi connectivity index (χ0) is 16.8. The second kappa shape index (κ2) is 7.45. The third-order valence-corrected chi connectivity index (χ3v) is 3.26. The van der Waals surface area contributed by atoms with Crippen LogP contribution in [-0.2, 0) is 9.53 Å². The first-order chi connectivity index (χ1) is 11.0. The number of nitrogens with one attached hydrogen (secondary N) is 2. The molecule has 0 spiro atoms. The van der Waals surface area contributed by atoms with E-state index >= 15 is 0 Å². The van der Waals surface area contributed by atoms with Crippen molar-refractivity contribution in [3.05, 3.63) is 59.2 Å². The summed E-state index contributed by atoms with van der Waals surface area (Å²) < 4.78 is 5.07. The summed E-state index contributed by atoms with van der Waals surface area (Å²) in [5.41, 5.74) is 3.86. The predicted molar refractivity (Wildman–Crippen MR) is 90.8 cm³/mol. The third-order valence-electron chi connectivity index (χ3n) is 3.26. The number of hydrogen-bond acceptors (Lipinski definition) is 4. The highest BCUT2D eigenvalue weighted by atomic mass is 16.5. The topological polar surface area (TPSA) is 67.4 Å². The summed E-state index contributed by atoms with van der Waals surface area (Å²) in [6.07, 6.45) is 0. The van der Waals surface area contributed by atoms with Gasteiger partial charge in [-0.25, -0.2) is 4.79 Å². The van der Waals surface area contributed by atoms with Crippen molar-refractivity contribution in [3.63, 3.8) is 0 Å². The van der Waals surface area contributed by atoms with Crippen molar-refractivity contribution in [1.82, 2.24) is 0 Å². The van der Waals surface area contributed by atoms with Crippen LogP contribution in [-0.4, -0.2) is 25.5 Å². The van der Waals surface area contributed by atoms with Gasteiger partial charge in [-0.15, -0.1) is 0 Å². The van der Waals surface area contributed by atoms with Gasteiger partial charge < -0.3 is 15.4 Å². The van der Waals surface area contributed by atoms with Crippen molar-refractivity contribution in [3.8, 4) is 0 Å². The number of esters is 1. The average molecular weight is 312 g/mol. The molecule has 0 unspecified atom stereocenters. The van der Waals surface area contributed by atoms with Crippen molar-refractivity contribution in [1.29, 1.82) is 0 Å². The fraction of sp³-hybridized carbons (Fsp3) is 0.222. The quantitative estimate of drug-likeness (QED) is 0.832. The van der Waals surface area contributed by atoms with Crippen LogP contribution >= 0.6 is 0 Å². The van der Waals surface area contributed by atoms with Crippen LogP contribution in [0.15, 0.2) is 42.5 Å². The molecule has 2 rings (SSSR count). The van der Waals surface area contributed by atoms with E-state index in [0.29, 0.717) is 16.9 Å². The number of hydrogen-bond donors (Lipinski definition) is 2. The molecule has 5 nitrogen and oxygen atoms in total. The van der Waals surface area contributed by atoms with E-state index in [4.69, 9.17) is 4.74 Å². The second-order valence-electron chi connectivity index (χ2n) is 5.30. The first-order valence-electron chi connectivity index (χ1n) is 7.31. The monoisotopic (exact) mass is 312 g/mol. The summed E-state index contributed by atoms with van der Waals surface area (Å²) in [5.74, 6) is -0.907. The Balaban J connectivity index is 1.95. The van der Waals surface area contributed by atoms with Crippen LogP contribution in [0.2, 0.25) is 0 Å². The summed E-state index contributed by atoms with van der Waals surface area (Å²) in [4.78, 5) is 24.0. The van der Waals surface area contributed by atoms with E-state index in [-0.39, 0.29) is 12.5 Å². The standard InChI is InChI=1S/C18H20N2O3/c1-12-8-13(2)10-14(9-12)20-17(21)11-23-18(22)15-6-4-5-7-16(15)19-3/h4-10,19H,11H2,1-3H3,(H,20,21). The molecule has 0 aliphatic rings. The van der Waals surface area contributed by atoms with Crippen molar-refractivity contribution < 1.29 is 14.3 Å². The Kier molecular flexibility index (Phi) is 5.36. The minimum absolute atomic E-state index is 0.329. The van der Waals surface area contributed by atoms with E-state index in [1.54, 1.807) is 25.2 Å². The Labute approximate surface area is 135 Å². The molecule has 5 heteroatoms. The molecule has 0 aliphatic heterocycles. The van der Waals surface area contributed by atoms with Crippen LogP contribution in [0, 0.1) is 13.8 Å². The molecule has 23 heavy (non-hydrogen) atoms. The van der Waals surface area contributed by atoms with Crippen LogP contribution < -0.4 is 10.6 Å². The number of rotatable bonds is 5. The number of amides is 1. The minimum atomic E-state index is -0.537. The van der Waals surface area contributed by atoms with Crippen LogP contribution in [0.5, 0.6) is 0 Å². The summed E-state index contributed by atoms with van der Waals surface area (Å²) in [6, 6.07) is 12.7. The molecule has 2 aromatic rings. The Morgan fingerprint density at radius 3 is 2.35 bits per heavy atom. The van der Waals surface area contributed by atoms with Crippen LogP contribution in [0.4, 0.5) is 11.4 Å². The van der Waals surface area contributed by atoms with Gasteiger partial charge in [0.05, 0.1) is 5.56 Å². The van der Waals surface area contributed by atoms with E-state index in [1.165, 1.54) is 0 Å². The van der Waals surface area contributed by atoms with Crippen molar-refractivity contribution in [2.75, 3.05) is 24.3 Å². The van der Waals surface area contributed by atoms with Crippen LogP contribution in [0.25, 0.3) is 0 Å². The van der Waals surface area contributed by atoms with Crippen LogP contribution in [0.1, 0.15) is 21.5 Å². The predicted octanol–water partition coefficient (Wildman–Crippen LogP) is 3.14. The maximum absolute atomic E-state index is 12.0. The molecule has 0 radical (unpaired) electrons. The van der Waals surface area contributed by atoms with Gasteiger partial charge in [-0.2, -0.15) is 0 Å². The number of carbonyl (C=O) groups excluding carboxylic acids is 2. The van der Waals surface area contributed by atoms with Gasteiger partial charge in [0.2, 0.25) is 0 Å². The van der Waals surface area contributed by atoms with Gasteiger partial charge in [0, 0.05) is 18.4 Å². The Morgan fingerprint density at radius 2 is 1.70 bits per heavy atom. The van der Waals surface area contributed by atoms with Gasteiger partial charge in [-0.1, -0.05) is 18.2 Å². The van der Waals surface area contributed by atoms with Gasteiger partial charge in [-0.05, 0) is 49.2 Å². The summed E-state index contributed by atoms with van der Waals surface area (Å²) in [7, 11) is 1.72. The number of ether oxygens (including phenoxy) is 1. The lowest BCUT2D eigenvalue weighted by Gasteiger charge is -2.10. The summed E-state index contributed by atoms with van der Waals surface area (Å²) in [6.45, 7) is 3.58. The molecular formula is C18H20N2O3. The number of para-hydroxylation sites is 1. The lowest BCUT2D eigenvalue weighted by atomic mass is 10.1. The fourth-order valence-electron chi connectivity index (χ4n) is 2.33. The largest absolute Gasteiger partial charge is 0.452 e. The number of benzene rings is 2. The molecule has 0 saturated heterocycles. The maximum atomic E-state index is 12.0. The van der Waals surface area contributed by atoms with Crippen molar-refractivity contribution in [2.24, 2.45) is 0 Å². The van der Waals surface area contributed by atoms with Crippen LogP contribution in [0.3, 0.4) is 0 Å². The van der Waals surface area contributed by atoms with Gasteiger partial charge in [0.25, 0.3) is 5.91 Å². The first kappa shape index (κ1) is 16.5. The van der Waals surface area contributed by atoms with Crippen molar-refractivity contribution >= 4 is 23.3 Å². The summed E-state index contributed by atoms with van der Waals surface area (Å²) in [5, 5.41) is 5.64. The lowest BCUT2D eigenvalue weighted by Crippen LogP contribution is -2.21. The molecule has 120 valence electrons. The van der Waals surface area contributed by atoms with Crippen molar-refractivity contribution in [2.45, 2.75) is 13.8 Å². The zero-order valence-corrected chi connectivity index (χ0v) is 13.5. The van der Waals surface area contributed by atoms with E-state index in [9.17, 15) is 9.59 Å². The highest BCUT2D eigenvalue weighted by Gasteiger charge is 2.13. The zero-order valence-electron chi connectivity index (χ0n) is 13.5. The average Bonchev–Trinajstić information content (AvgIpc) is 2.51. The molecule has 0 bridgehead atoms. The molecule has 0 aliphatic carbocycles. The normalized spacial score (nSPS) is 10.0. The van der Waals surface area contributed by atoms with E-state index in [1.807, 2.05) is 38.1 Å². The smallest absolute Gasteiger partial charge is 0.340 e. The minimum Gasteiger partial charge on any atom is -0.452 e. The molecule has 0 atom stereocenters. The number of anilines is 2. The second-order valence-corrected chi connectivity index (χ2v) is 5.30. The number of carbonyl (C=O) groups is 2. The molecule has 0 heterocycles. The highest BCUT2D eigenvalue weighted by Crippen LogP contribution is 2.16. The summed E-state index contributed by atoms with van der Waals surface area (Å²) >= 11 is 0. The molecule has 0 aromatic heterocycles. The number of aryl methyl sites for hydroxylation is 2. The maximum Gasteiger partial charge on any atom is 0.340 e. The van der Waals surface area contributed by atoms with E-state index < -0.39 is 5.97 Å². The lowest BCUT2D eigenvalue weighted by molar-refractivity contribution is -0.119. The van der Waals surface area contributed by atoms with E-state index in [2.05, 4.69) is 10.6 Å². The van der Waals surface area contributed by atoms with Gasteiger partial charge >= 0.3 is 5.97 Å². The Bertz CT molecular complexity index is 706. The Morgan fingerprint density at radius 1 is 1.04 bits per heavy atom. The fourth-order valence-corrected chi connectivity index (χ4v) is 2.33. The highest BCUT2D eigenvalue weighted by molar-refractivity contribution is 5.98. The van der Waals surface area contributed by atoms with E-state index in [0.717, 1.165) is 11.1 Å².